The number of carbonyl (C=O) groups excluding carboxylic acids is 1. The summed E-state index contributed by atoms with van der Waals surface area (Å²) in [5.74, 6) is 1.07. The van der Waals surface area contributed by atoms with Gasteiger partial charge in [0.05, 0.1) is 20.3 Å². The molecule has 1 aromatic heterocycles. The summed E-state index contributed by atoms with van der Waals surface area (Å²) in [7, 11) is 3.17. The number of hydrogen-bond donors (Lipinski definition) is 2. The fourth-order valence-electron chi connectivity index (χ4n) is 2.26. The number of thiazole rings is 1. The molecule has 0 aliphatic heterocycles. The van der Waals surface area contributed by atoms with E-state index < -0.39 is 0 Å². The van der Waals surface area contributed by atoms with E-state index in [1.165, 1.54) is 11.3 Å². The number of ether oxygens (including phenoxy) is 2. The molecule has 0 bridgehead atoms. The highest BCUT2D eigenvalue weighted by molar-refractivity contribution is 7.09. The van der Waals surface area contributed by atoms with Crippen molar-refractivity contribution < 1.29 is 14.3 Å². The van der Waals surface area contributed by atoms with E-state index in [4.69, 9.17) is 15.2 Å². The van der Waals surface area contributed by atoms with Crippen molar-refractivity contribution in [2.45, 2.75) is 32.4 Å². The fourth-order valence-corrected chi connectivity index (χ4v) is 3.10. The van der Waals surface area contributed by atoms with Crippen molar-refractivity contribution in [2.24, 2.45) is 5.73 Å². The van der Waals surface area contributed by atoms with Gasteiger partial charge in [-0.05, 0) is 24.1 Å². The van der Waals surface area contributed by atoms with Gasteiger partial charge in [0.2, 0.25) is 0 Å². The number of carbonyl (C=O) groups is 1. The molecule has 0 aliphatic rings. The number of nitrogens with two attached hydrogens (primary N) is 1. The third kappa shape index (κ3) is 4.46. The Balaban J connectivity index is 1.98. The van der Waals surface area contributed by atoms with Gasteiger partial charge in [-0.3, -0.25) is 4.79 Å². The molecule has 2 rings (SSSR count). The van der Waals surface area contributed by atoms with Crippen molar-refractivity contribution >= 4 is 17.2 Å². The van der Waals surface area contributed by atoms with Crippen molar-refractivity contribution in [2.75, 3.05) is 14.2 Å². The largest absolute Gasteiger partial charge is 0.493 e. The number of methoxy groups -OCH3 is 2. The summed E-state index contributed by atoms with van der Waals surface area (Å²) >= 11 is 1.43. The molecule has 6 nitrogen and oxygen atoms in total. The summed E-state index contributed by atoms with van der Waals surface area (Å²) in [4.78, 5) is 16.6. The molecule has 0 aliphatic carbocycles. The van der Waals surface area contributed by atoms with Crippen LogP contribution in [0, 0.1) is 0 Å². The molecule has 1 atom stereocenters. The number of aromatic nitrogens is 1. The lowest BCUT2D eigenvalue weighted by molar-refractivity contribution is 0.0946. The molecule has 1 amide bonds. The molecule has 24 heavy (non-hydrogen) atoms. The summed E-state index contributed by atoms with van der Waals surface area (Å²) in [6.07, 6.45) is 1.85. The van der Waals surface area contributed by atoms with E-state index in [0.717, 1.165) is 23.4 Å². The third-order valence-corrected chi connectivity index (χ3v) is 4.55. The second kappa shape index (κ2) is 8.65. The Morgan fingerprint density at radius 1 is 1.33 bits per heavy atom. The molecular formula is C17H23N3O3S. The quantitative estimate of drug-likeness (QED) is 0.765. The maximum Gasteiger partial charge on any atom is 0.271 e. The monoisotopic (exact) mass is 349 g/mol. The number of benzene rings is 1. The Morgan fingerprint density at radius 3 is 2.75 bits per heavy atom. The van der Waals surface area contributed by atoms with Crippen LogP contribution in [0.15, 0.2) is 23.6 Å². The highest BCUT2D eigenvalue weighted by Crippen LogP contribution is 2.27. The van der Waals surface area contributed by atoms with E-state index in [1.807, 2.05) is 18.2 Å². The Morgan fingerprint density at radius 2 is 2.08 bits per heavy atom. The van der Waals surface area contributed by atoms with Gasteiger partial charge in [-0.15, -0.1) is 11.3 Å². The second-order valence-corrected chi connectivity index (χ2v) is 6.23. The van der Waals surface area contributed by atoms with Crippen LogP contribution in [0.1, 0.15) is 46.9 Å². The Kier molecular flexibility index (Phi) is 6.57. The number of nitrogens with zero attached hydrogens (tertiary/aromatic N) is 1. The minimum atomic E-state index is -0.212. The molecule has 130 valence electrons. The number of rotatable bonds is 8. The second-order valence-electron chi connectivity index (χ2n) is 5.34. The Bertz CT molecular complexity index is 687. The number of nitrogens with one attached hydrogen (secondary N) is 1. The molecule has 1 aromatic carbocycles. The lowest BCUT2D eigenvalue weighted by Gasteiger charge is -2.10. The predicted molar refractivity (Wildman–Crippen MR) is 94.7 cm³/mol. The van der Waals surface area contributed by atoms with Gasteiger partial charge in [0.1, 0.15) is 10.7 Å². The fraction of sp³-hybridized carbons (Fsp3) is 0.412. The van der Waals surface area contributed by atoms with Crippen LogP contribution in [0.2, 0.25) is 0 Å². The van der Waals surface area contributed by atoms with Crippen molar-refractivity contribution in [3.63, 3.8) is 0 Å². The summed E-state index contributed by atoms with van der Waals surface area (Å²) in [6, 6.07) is 5.42. The van der Waals surface area contributed by atoms with Gasteiger partial charge in [0, 0.05) is 11.9 Å². The smallest absolute Gasteiger partial charge is 0.271 e. The van der Waals surface area contributed by atoms with E-state index >= 15 is 0 Å². The average Bonchev–Trinajstić information content (AvgIpc) is 3.10. The first-order valence-electron chi connectivity index (χ1n) is 7.79. The lowest BCUT2D eigenvalue weighted by Crippen LogP contribution is -2.23. The molecule has 0 spiro atoms. The van der Waals surface area contributed by atoms with Crippen LogP contribution in [0.4, 0.5) is 0 Å². The lowest BCUT2D eigenvalue weighted by atomic mass is 10.2. The molecule has 0 saturated carbocycles. The zero-order chi connectivity index (χ0) is 17.5. The zero-order valence-electron chi connectivity index (χ0n) is 14.2. The summed E-state index contributed by atoms with van der Waals surface area (Å²) < 4.78 is 10.5. The number of hydrogen-bond acceptors (Lipinski definition) is 6. The molecule has 1 unspecified atom stereocenters. The molecule has 1 heterocycles. The van der Waals surface area contributed by atoms with Gasteiger partial charge in [-0.25, -0.2) is 4.98 Å². The first-order chi connectivity index (χ1) is 11.6. The van der Waals surface area contributed by atoms with Gasteiger partial charge >= 0.3 is 0 Å². The molecule has 7 heteroatoms. The predicted octanol–water partition coefficient (Wildman–Crippen LogP) is 2.89. The Labute approximate surface area is 146 Å². The average molecular weight is 349 g/mol. The van der Waals surface area contributed by atoms with E-state index in [1.54, 1.807) is 19.6 Å². The highest BCUT2D eigenvalue weighted by Gasteiger charge is 2.15. The van der Waals surface area contributed by atoms with E-state index in [9.17, 15) is 4.79 Å². The van der Waals surface area contributed by atoms with Crippen LogP contribution in [0.25, 0.3) is 0 Å². The van der Waals surface area contributed by atoms with E-state index in [-0.39, 0.29) is 11.9 Å². The summed E-state index contributed by atoms with van der Waals surface area (Å²) in [5.41, 5.74) is 7.35. The molecule has 3 N–H and O–H groups in total. The normalized spacial score (nSPS) is 11.8. The van der Waals surface area contributed by atoms with Crippen molar-refractivity contribution in [3.8, 4) is 11.5 Å². The van der Waals surface area contributed by atoms with Crippen LogP contribution >= 0.6 is 11.3 Å². The van der Waals surface area contributed by atoms with Gasteiger partial charge in [0.15, 0.2) is 11.5 Å². The highest BCUT2D eigenvalue weighted by atomic mass is 32.1. The maximum atomic E-state index is 12.2. The third-order valence-electron chi connectivity index (χ3n) is 3.57. The van der Waals surface area contributed by atoms with Crippen molar-refractivity contribution in [3.05, 3.63) is 39.8 Å². The molecule has 0 saturated heterocycles. The molecule has 0 radical (unpaired) electrons. The standard InChI is InChI=1S/C17H23N3O3S/c1-4-5-12(18)17-20-13(10-24-17)16(21)19-9-11-6-7-14(22-2)15(8-11)23-3/h6-8,10,12H,4-5,9,18H2,1-3H3,(H,19,21). The van der Waals surface area contributed by atoms with E-state index in [2.05, 4.69) is 17.2 Å². The molecular weight excluding hydrogens is 326 g/mol. The molecule has 2 aromatic rings. The molecule has 0 fully saturated rings. The Hall–Kier alpha value is -2.12. The SMILES string of the molecule is CCCC(N)c1nc(C(=O)NCc2ccc(OC)c(OC)c2)cs1. The summed E-state index contributed by atoms with van der Waals surface area (Å²) in [5, 5.41) is 5.40. The van der Waals surface area contributed by atoms with Crippen LogP contribution in [-0.2, 0) is 6.54 Å². The first-order valence-corrected chi connectivity index (χ1v) is 8.67. The van der Waals surface area contributed by atoms with Crippen LogP contribution in [0.3, 0.4) is 0 Å². The van der Waals surface area contributed by atoms with Crippen molar-refractivity contribution in [1.82, 2.24) is 10.3 Å². The van der Waals surface area contributed by atoms with E-state index in [0.29, 0.717) is 23.7 Å². The van der Waals surface area contributed by atoms with Gasteiger partial charge in [-0.1, -0.05) is 19.4 Å². The van der Waals surface area contributed by atoms with Crippen LogP contribution in [0.5, 0.6) is 11.5 Å². The maximum absolute atomic E-state index is 12.2. The minimum Gasteiger partial charge on any atom is -0.493 e. The van der Waals surface area contributed by atoms with Crippen LogP contribution < -0.4 is 20.5 Å². The minimum absolute atomic E-state index is 0.104. The van der Waals surface area contributed by atoms with Gasteiger partial charge in [-0.2, -0.15) is 0 Å². The van der Waals surface area contributed by atoms with Crippen molar-refractivity contribution in [1.29, 1.82) is 0 Å². The first kappa shape index (κ1) is 18.2. The van der Waals surface area contributed by atoms with Gasteiger partial charge < -0.3 is 20.5 Å². The topological polar surface area (TPSA) is 86.5 Å². The number of amides is 1. The summed E-state index contributed by atoms with van der Waals surface area (Å²) in [6.45, 7) is 2.46. The zero-order valence-corrected chi connectivity index (χ0v) is 15.0. The van der Waals surface area contributed by atoms with Gasteiger partial charge in [0.25, 0.3) is 5.91 Å². The van der Waals surface area contributed by atoms with Crippen LogP contribution in [-0.4, -0.2) is 25.1 Å².